The molecule has 0 aliphatic rings. The van der Waals surface area contributed by atoms with E-state index in [0.29, 0.717) is 11.6 Å². The van der Waals surface area contributed by atoms with Gasteiger partial charge in [0, 0.05) is 16.0 Å². The van der Waals surface area contributed by atoms with Crippen molar-refractivity contribution in [2.45, 2.75) is 26.4 Å². The molecular formula is C12H15BrClNO2. The summed E-state index contributed by atoms with van der Waals surface area (Å²) < 4.78 is 0.948. The normalized spacial score (nSPS) is 12.8. The topological polar surface area (TPSA) is 40.5 Å². The first kappa shape index (κ1) is 14.5. The van der Waals surface area contributed by atoms with Gasteiger partial charge in [-0.25, -0.2) is 0 Å². The predicted molar refractivity (Wildman–Crippen MR) is 72.5 cm³/mol. The summed E-state index contributed by atoms with van der Waals surface area (Å²) in [6.45, 7) is 4.13. The highest BCUT2D eigenvalue weighted by atomic mass is 79.9. The average molecular weight is 321 g/mol. The van der Waals surface area contributed by atoms with Crippen molar-refractivity contribution in [2.24, 2.45) is 0 Å². The van der Waals surface area contributed by atoms with Crippen molar-refractivity contribution in [2.75, 3.05) is 7.05 Å². The van der Waals surface area contributed by atoms with Crippen LogP contribution in [0.3, 0.4) is 0 Å². The summed E-state index contributed by atoms with van der Waals surface area (Å²) in [7, 11) is 1.78. The number of hydrogen-bond acceptors (Lipinski definition) is 2. The number of nitrogens with zero attached hydrogens (tertiary/aromatic N) is 1. The first-order valence-electron chi connectivity index (χ1n) is 5.20. The fourth-order valence-corrected chi connectivity index (χ4v) is 2.17. The molecule has 0 amide bonds. The molecule has 0 aliphatic carbocycles. The lowest BCUT2D eigenvalue weighted by molar-refractivity contribution is -0.142. The zero-order chi connectivity index (χ0) is 13.2. The van der Waals surface area contributed by atoms with E-state index in [0.717, 1.165) is 15.6 Å². The Labute approximate surface area is 115 Å². The SMILES string of the molecule is Cc1cc(Br)c(CN(C)C(C)C(=O)O)cc1Cl. The van der Waals surface area contributed by atoms with E-state index in [4.69, 9.17) is 16.7 Å². The molecule has 94 valence electrons. The third-order valence-electron chi connectivity index (χ3n) is 2.77. The molecule has 0 saturated heterocycles. The molecule has 1 aromatic carbocycles. The van der Waals surface area contributed by atoms with E-state index in [-0.39, 0.29) is 0 Å². The van der Waals surface area contributed by atoms with Crippen LogP contribution in [-0.2, 0) is 11.3 Å². The number of benzene rings is 1. The number of carbonyl (C=O) groups is 1. The van der Waals surface area contributed by atoms with Crippen molar-refractivity contribution >= 4 is 33.5 Å². The number of rotatable bonds is 4. The molecule has 1 rings (SSSR count). The predicted octanol–water partition coefficient (Wildman–Crippen LogP) is 3.32. The van der Waals surface area contributed by atoms with E-state index in [9.17, 15) is 4.79 Å². The second-order valence-corrected chi connectivity index (χ2v) is 5.38. The van der Waals surface area contributed by atoms with Gasteiger partial charge in [-0.3, -0.25) is 9.69 Å². The average Bonchev–Trinajstić information content (AvgIpc) is 2.24. The smallest absolute Gasteiger partial charge is 0.320 e. The highest BCUT2D eigenvalue weighted by Crippen LogP contribution is 2.26. The van der Waals surface area contributed by atoms with Crippen LogP contribution in [0.5, 0.6) is 0 Å². The summed E-state index contributed by atoms with van der Waals surface area (Å²) in [5.74, 6) is -0.832. The van der Waals surface area contributed by atoms with E-state index in [1.54, 1.807) is 18.9 Å². The van der Waals surface area contributed by atoms with Gasteiger partial charge in [0.25, 0.3) is 0 Å². The van der Waals surface area contributed by atoms with Crippen molar-refractivity contribution in [3.05, 3.63) is 32.8 Å². The van der Waals surface area contributed by atoms with Crippen LogP contribution in [-0.4, -0.2) is 29.1 Å². The maximum Gasteiger partial charge on any atom is 0.320 e. The monoisotopic (exact) mass is 319 g/mol. The minimum absolute atomic E-state index is 0.526. The summed E-state index contributed by atoms with van der Waals surface area (Å²) in [6.07, 6.45) is 0. The fraction of sp³-hybridized carbons (Fsp3) is 0.417. The zero-order valence-electron chi connectivity index (χ0n) is 10.00. The number of likely N-dealkylation sites (N-methyl/N-ethyl adjacent to an activating group) is 1. The first-order chi connectivity index (χ1) is 7.82. The van der Waals surface area contributed by atoms with Crippen LogP contribution in [0.25, 0.3) is 0 Å². The van der Waals surface area contributed by atoms with Crippen molar-refractivity contribution in [1.82, 2.24) is 4.90 Å². The van der Waals surface area contributed by atoms with Gasteiger partial charge in [-0.1, -0.05) is 27.5 Å². The minimum atomic E-state index is -0.832. The van der Waals surface area contributed by atoms with Gasteiger partial charge in [0.15, 0.2) is 0 Å². The molecule has 0 fully saturated rings. The van der Waals surface area contributed by atoms with Gasteiger partial charge < -0.3 is 5.11 Å². The molecule has 1 unspecified atom stereocenters. The van der Waals surface area contributed by atoms with Gasteiger partial charge in [-0.2, -0.15) is 0 Å². The van der Waals surface area contributed by atoms with Crippen LogP contribution >= 0.6 is 27.5 Å². The molecule has 0 aliphatic heterocycles. The minimum Gasteiger partial charge on any atom is -0.480 e. The molecule has 0 heterocycles. The summed E-state index contributed by atoms with van der Waals surface area (Å²) in [5, 5.41) is 9.61. The maximum atomic E-state index is 10.9. The maximum absolute atomic E-state index is 10.9. The van der Waals surface area contributed by atoms with Crippen molar-refractivity contribution in [3.63, 3.8) is 0 Å². The molecule has 1 atom stereocenters. The Morgan fingerprint density at radius 1 is 1.59 bits per heavy atom. The highest BCUT2D eigenvalue weighted by molar-refractivity contribution is 9.10. The molecule has 0 saturated carbocycles. The first-order valence-corrected chi connectivity index (χ1v) is 6.37. The molecule has 17 heavy (non-hydrogen) atoms. The second-order valence-electron chi connectivity index (χ2n) is 4.12. The molecule has 0 radical (unpaired) electrons. The quantitative estimate of drug-likeness (QED) is 0.925. The lowest BCUT2D eigenvalue weighted by Crippen LogP contribution is -2.35. The van der Waals surface area contributed by atoms with Gasteiger partial charge in [0.1, 0.15) is 6.04 Å². The molecular weight excluding hydrogens is 305 g/mol. The molecule has 1 aromatic rings. The van der Waals surface area contributed by atoms with Gasteiger partial charge in [0.2, 0.25) is 0 Å². The standard InChI is InChI=1S/C12H15BrClNO2/c1-7-4-10(13)9(5-11(7)14)6-15(3)8(2)12(16)17/h4-5,8H,6H2,1-3H3,(H,16,17). The highest BCUT2D eigenvalue weighted by Gasteiger charge is 2.17. The van der Waals surface area contributed by atoms with Gasteiger partial charge in [-0.15, -0.1) is 0 Å². The van der Waals surface area contributed by atoms with Crippen molar-refractivity contribution in [3.8, 4) is 0 Å². The van der Waals surface area contributed by atoms with Crippen LogP contribution in [0.2, 0.25) is 5.02 Å². The Morgan fingerprint density at radius 2 is 2.18 bits per heavy atom. The van der Waals surface area contributed by atoms with Gasteiger partial charge >= 0.3 is 5.97 Å². The third kappa shape index (κ3) is 3.69. The van der Waals surface area contributed by atoms with Crippen molar-refractivity contribution in [1.29, 1.82) is 0 Å². The number of aliphatic carboxylic acids is 1. The van der Waals surface area contributed by atoms with Gasteiger partial charge in [0.05, 0.1) is 0 Å². The van der Waals surface area contributed by atoms with E-state index >= 15 is 0 Å². The van der Waals surface area contributed by atoms with Crippen LogP contribution in [0, 0.1) is 6.92 Å². The Bertz CT molecular complexity index is 437. The third-order valence-corrected chi connectivity index (χ3v) is 3.91. The van der Waals surface area contributed by atoms with Crippen molar-refractivity contribution < 1.29 is 9.90 Å². The number of carboxylic acid groups (broad SMARTS) is 1. The fourth-order valence-electron chi connectivity index (χ4n) is 1.40. The number of aryl methyl sites for hydroxylation is 1. The molecule has 3 nitrogen and oxygen atoms in total. The molecule has 0 bridgehead atoms. The van der Waals surface area contributed by atoms with E-state index in [1.165, 1.54) is 0 Å². The summed E-state index contributed by atoms with van der Waals surface area (Å²) in [5.41, 5.74) is 1.98. The van der Waals surface area contributed by atoms with Crippen LogP contribution in [0.4, 0.5) is 0 Å². The number of carboxylic acids is 1. The van der Waals surface area contributed by atoms with E-state index < -0.39 is 12.0 Å². The van der Waals surface area contributed by atoms with Gasteiger partial charge in [-0.05, 0) is 44.2 Å². The van der Waals surface area contributed by atoms with Crippen LogP contribution < -0.4 is 0 Å². The Kier molecular flexibility index (Phi) is 4.98. The zero-order valence-corrected chi connectivity index (χ0v) is 12.3. The lowest BCUT2D eigenvalue weighted by Gasteiger charge is -2.22. The molecule has 5 heteroatoms. The molecule has 0 aromatic heterocycles. The summed E-state index contributed by atoms with van der Waals surface area (Å²) >= 11 is 9.52. The van der Waals surface area contributed by atoms with Crippen LogP contribution in [0.15, 0.2) is 16.6 Å². The largest absolute Gasteiger partial charge is 0.480 e. The Hall–Kier alpha value is -0.580. The number of hydrogen-bond donors (Lipinski definition) is 1. The van der Waals surface area contributed by atoms with Crippen LogP contribution in [0.1, 0.15) is 18.1 Å². The second kappa shape index (κ2) is 5.85. The van der Waals surface area contributed by atoms with E-state index in [2.05, 4.69) is 15.9 Å². The Balaban J connectivity index is 2.88. The summed E-state index contributed by atoms with van der Waals surface area (Å²) in [6, 6.07) is 3.28. The summed E-state index contributed by atoms with van der Waals surface area (Å²) in [4.78, 5) is 12.6. The Morgan fingerprint density at radius 3 is 2.71 bits per heavy atom. The molecule has 0 spiro atoms. The lowest BCUT2D eigenvalue weighted by atomic mass is 10.1. The molecule has 1 N–H and O–H groups in total. The number of halogens is 2. The van der Waals surface area contributed by atoms with E-state index in [1.807, 2.05) is 19.1 Å².